The molecule has 0 fully saturated rings. The van der Waals surface area contributed by atoms with Crippen LogP contribution in [-0.4, -0.2) is 9.59 Å². The molecule has 0 N–H and O–H groups in total. The predicted octanol–water partition coefficient (Wildman–Crippen LogP) is 3.28. The van der Waals surface area contributed by atoms with Gasteiger partial charge in [-0.1, -0.05) is 32.6 Å². The summed E-state index contributed by atoms with van der Waals surface area (Å²) in [5, 5.41) is 4.07. The van der Waals surface area contributed by atoms with Crippen LogP contribution in [0.25, 0.3) is 11.3 Å². The average molecular weight is 255 g/mol. The zero-order chi connectivity index (χ0) is 9.26. The van der Waals surface area contributed by atoms with E-state index in [0.717, 1.165) is 20.6 Å². The van der Waals surface area contributed by atoms with Crippen LogP contribution in [0.2, 0.25) is 0 Å². The van der Waals surface area contributed by atoms with Crippen molar-refractivity contribution in [2.24, 2.45) is 0 Å². The molecule has 0 atom stereocenters. The molecular formula is C9H7BrN2S. The summed E-state index contributed by atoms with van der Waals surface area (Å²) in [5.41, 5.74) is 2.10. The second-order valence-corrected chi connectivity index (χ2v) is 4.56. The summed E-state index contributed by atoms with van der Waals surface area (Å²) < 4.78 is 4.98. The van der Waals surface area contributed by atoms with Gasteiger partial charge in [-0.25, -0.2) is 0 Å². The predicted molar refractivity (Wildman–Crippen MR) is 57.8 cm³/mol. The quantitative estimate of drug-likeness (QED) is 0.781. The molecule has 0 aliphatic heterocycles. The number of aryl methyl sites for hydroxylation is 1. The summed E-state index contributed by atoms with van der Waals surface area (Å²) in [5.74, 6) is 0. The van der Waals surface area contributed by atoms with Gasteiger partial charge in [-0.15, -0.1) is 5.10 Å². The van der Waals surface area contributed by atoms with Crippen LogP contribution >= 0.6 is 27.5 Å². The number of rotatable bonds is 1. The van der Waals surface area contributed by atoms with Gasteiger partial charge in [-0.2, -0.15) is 0 Å². The third-order valence-electron chi connectivity index (χ3n) is 1.77. The molecule has 0 bridgehead atoms. The van der Waals surface area contributed by atoms with Crippen molar-refractivity contribution in [3.63, 3.8) is 0 Å². The van der Waals surface area contributed by atoms with Crippen molar-refractivity contribution in [2.75, 3.05) is 0 Å². The maximum absolute atomic E-state index is 4.07. The third kappa shape index (κ3) is 1.78. The van der Waals surface area contributed by atoms with Crippen LogP contribution in [0.3, 0.4) is 0 Å². The van der Waals surface area contributed by atoms with Crippen LogP contribution in [0.4, 0.5) is 0 Å². The average Bonchev–Trinajstić information content (AvgIpc) is 2.53. The zero-order valence-electron chi connectivity index (χ0n) is 6.99. The molecule has 0 saturated heterocycles. The first-order chi connectivity index (χ1) is 6.27. The number of benzene rings is 1. The Morgan fingerprint density at radius 3 is 2.46 bits per heavy atom. The van der Waals surface area contributed by atoms with E-state index >= 15 is 0 Å². The first-order valence-corrected chi connectivity index (χ1v) is 5.39. The van der Waals surface area contributed by atoms with E-state index in [1.165, 1.54) is 11.5 Å². The van der Waals surface area contributed by atoms with Gasteiger partial charge >= 0.3 is 0 Å². The Morgan fingerprint density at radius 2 is 1.92 bits per heavy atom. The summed E-state index contributed by atoms with van der Waals surface area (Å²) in [6.07, 6.45) is 0. The molecule has 0 unspecified atom stereocenters. The molecule has 0 aliphatic rings. The van der Waals surface area contributed by atoms with Crippen LogP contribution in [0.5, 0.6) is 0 Å². The smallest absolute Gasteiger partial charge is 0.108 e. The summed E-state index contributed by atoms with van der Waals surface area (Å²) in [6.45, 7) is 2.03. The maximum Gasteiger partial charge on any atom is 0.108 e. The second-order valence-electron chi connectivity index (χ2n) is 2.68. The zero-order valence-corrected chi connectivity index (χ0v) is 9.39. The monoisotopic (exact) mass is 254 g/mol. The fraction of sp³-hybridized carbons (Fsp3) is 0.111. The third-order valence-corrected chi connectivity index (χ3v) is 2.93. The lowest BCUT2D eigenvalue weighted by Crippen LogP contribution is -1.79. The van der Waals surface area contributed by atoms with E-state index in [2.05, 4.69) is 25.5 Å². The highest BCUT2D eigenvalue weighted by atomic mass is 79.9. The number of aromatic nitrogens is 2. The standard InChI is InChI=1S/C9H7BrN2S/c1-6-9(11-12-13-6)7-2-4-8(10)5-3-7/h2-5H,1H3. The Balaban J connectivity index is 2.47. The van der Waals surface area contributed by atoms with Crippen molar-refractivity contribution in [1.29, 1.82) is 0 Å². The van der Waals surface area contributed by atoms with Crippen molar-refractivity contribution >= 4 is 27.5 Å². The fourth-order valence-electron chi connectivity index (χ4n) is 1.10. The van der Waals surface area contributed by atoms with Gasteiger partial charge in [0.1, 0.15) is 5.69 Å². The Labute approximate surface area is 88.9 Å². The number of hydrogen-bond donors (Lipinski definition) is 0. The highest BCUT2D eigenvalue weighted by molar-refractivity contribution is 9.10. The lowest BCUT2D eigenvalue weighted by atomic mass is 10.1. The largest absolute Gasteiger partial charge is 0.138 e. The van der Waals surface area contributed by atoms with Gasteiger partial charge in [0.05, 0.1) is 4.88 Å². The molecule has 2 rings (SSSR count). The topological polar surface area (TPSA) is 25.8 Å². The van der Waals surface area contributed by atoms with Crippen LogP contribution in [-0.2, 0) is 0 Å². The molecule has 0 saturated carbocycles. The first-order valence-electron chi connectivity index (χ1n) is 3.82. The lowest BCUT2D eigenvalue weighted by molar-refractivity contribution is 1.16. The highest BCUT2D eigenvalue weighted by Gasteiger charge is 2.04. The van der Waals surface area contributed by atoms with Gasteiger partial charge < -0.3 is 0 Å². The Hall–Kier alpha value is -0.740. The van der Waals surface area contributed by atoms with Crippen molar-refractivity contribution in [3.8, 4) is 11.3 Å². The summed E-state index contributed by atoms with van der Waals surface area (Å²) in [4.78, 5) is 1.15. The molecule has 0 amide bonds. The molecule has 0 radical (unpaired) electrons. The van der Waals surface area contributed by atoms with Crippen LogP contribution in [0, 0.1) is 6.92 Å². The van der Waals surface area contributed by atoms with E-state index < -0.39 is 0 Å². The summed E-state index contributed by atoms with van der Waals surface area (Å²) in [6, 6.07) is 8.09. The maximum atomic E-state index is 4.07. The molecule has 1 aromatic heterocycles. The Morgan fingerprint density at radius 1 is 1.23 bits per heavy atom. The van der Waals surface area contributed by atoms with E-state index in [1.807, 2.05) is 31.2 Å². The van der Waals surface area contributed by atoms with Gasteiger partial charge in [0.25, 0.3) is 0 Å². The van der Waals surface area contributed by atoms with Crippen molar-refractivity contribution in [2.45, 2.75) is 6.92 Å². The molecule has 66 valence electrons. The lowest BCUT2D eigenvalue weighted by Gasteiger charge is -1.96. The number of nitrogens with zero attached hydrogens (tertiary/aromatic N) is 2. The molecule has 2 nitrogen and oxygen atoms in total. The van der Waals surface area contributed by atoms with Gasteiger partial charge in [0, 0.05) is 10.0 Å². The Kier molecular flexibility index (Phi) is 2.42. The van der Waals surface area contributed by atoms with Gasteiger partial charge in [-0.3, -0.25) is 0 Å². The minimum atomic E-state index is 0.984. The molecule has 1 heterocycles. The van der Waals surface area contributed by atoms with E-state index in [-0.39, 0.29) is 0 Å². The molecular weight excluding hydrogens is 248 g/mol. The minimum absolute atomic E-state index is 0.984. The molecule has 13 heavy (non-hydrogen) atoms. The summed E-state index contributed by atoms with van der Waals surface area (Å²) >= 11 is 4.82. The normalized spacial score (nSPS) is 10.3. The van der Waals surface area contributed by atoms with E-state index in [1.54, 1.807) is 0 Å². The molecule has 0 aliphatic carbocycles. The first kappa shape index (κ1) is 8.84. The van der Waals surface area contributed by atoms with E-state index in [9.17, 15) is 0 Å². The molecule has 0 spiro atoms. The van der Waals surface area contributed by atoms with Gasteiger partial charge in [0.2, 0.25) is 0 Å². The van der Waals surface area contributed by atoms with Gasteiger partial charge in [0.15, 0.2) is 0 Å². The van der Waals surface area contributed by atoms with Gasteiger partial charge in [-0.05, 0) is 30.6 Å². The highest BCUT2D eigenvalue weighted by Crippen LogP contribution is 2.24. The number of hydrogen-bond acceptors (Lipinski definition) is 3. The second kappa shape index (κ2) is 3.55. The minimum Gasteiger partial charge on any atom is -0.138 e. The number of halogens is 1. The van der Waals surface area contributed by atoms with Crippen molar-refractivity contribution in [3.05, 3.63) is 33.6 Å². The van der Waals surface area contributed by atoms with E-state index in [0.29, 0.717) is 0 Å². The van der Waals surface area contributed by atoms with Crippen molar-refractivity contribution in [1.82, 2.24) is 9.59 Å². The van der Waals surface area contributed by atoms with Crippen LogP contribution in [0.1, 0.15) is 4.88 Å². The van der Waals surface area contributed by atoms with Crippen LogP contribution in [0.15, 0.2) is 28.7 Å². The SMILES string of the molecule is Cc1snnc1-c1ccc(Br)cc1. The molecule has 2 aromatic rings. The fourth-order valence-corrected chi connectivity index (χ4v) is 1.86. The molecule has 1 aromatic carbocycles. The Bertz CT molecular complexity index is 408. The van der Waals surface area contributed by atoms with E-state index in [4.69, 9.17) is 0 Å². The van der Waals surface area contributed by atoms with Crippen LogP contribution < -0.4 is 0 Å². The summed E-state index contributed by atoms with van der Waals surface area (Å²) in [7, 11) is 0. The van der Waals surface area contributed by atoms with Crippen molar-refractivity contribution < 1.29 is 0 Å². The molecule has 4 heteroatoms.